The predicted molar refractivity (Wildman–Crippen MR) is 79.8 cm³/mol. The Labute approximate surface area is 126 Å². The zero-order valence-corrected chi connectivity index (χ0v) is 12.8. The molecule has 5 nitrogen and oxygen atoms in total. The highest BCUT2D eigenvalue weighted by atomic mass is 79.9. The van der Waals surface area contributed by atoms with Crippen LogP contribution in [0, 0.1) is 12.8 Å². The van der Waals surface area contributed by atoms with Crippen molar-refractivity contribution in [1.29, 1.82) is 0 Å². The van der Waals surface area contributed by atoms with Gasteiger partial charge in [-0.15, -0.1) is 0 Å². The lowest BCUT2D eigenvalue weighted by molar-refractivity contribution is -0.137. The molecule has 1 fully saturated rings. The number of aliphatic carboxylic acids is 1. The van der Waals surface area contributed by atoms with Crippen LogP contribution in [0.25, 0.3) is 0 Å². The number of anilines is 1. The van der Waals surface area contributed by atoms with Gasteiger partial charge in [-0.05, 0) is 49.4 Å². The van der Waals surface area contributed by atoms with E-state index in [-0.39, 0.29) is 12.6 Å². The number of hydrogen-bond donors (Lipinski definition) is 2. The van der Waals surface area contributed by atoms with Crippen molar-refractivity contribution in [3.63, 3.8) is 0 Å². The molecule has 0 saturated heterocycles. The number of carbonyl (C=O) groups is 2. The molecule has 0 radical (unpaired) electrons. The molecule has 0 spiro atoms. The van der Waals surface area contributed by atoms with Crippen molar-refractivity contribution in [1.82, 2.24) is 4.90 Å². The number of rotatable bonds is 5. The van der Waals surface area contributed by atoms with E-state index in [1.54, 1.807) is 6.07 Å². The lowest BCUT2D eigenvalue weighted by atomic mass is 10.2. The van der Waals surface area contributed by atoms with Gasteiger partial charge in [-0.3, -0.25) is 4.79 Å². The second kappa shape index (κ2) is 6.26. The molecule has 1 aromatic rings. The van der Waals surface area contributed by atoms with E-state index in [4.69, 9.17) is 5.11 Å². The van der Waals surface area contributed by atoms with Gasteiger partial charge in [0, 0.05) is 16.7 Å². The molecular formula is C14H17BrN2O3. The van der Waals surface area contributed by atoms with Gasteiger partial charge < -0.3 is 15.3 Å². The highest BCUT2D eigenvalue weighted by Crippen LogP contribution is 2.30. The van der Waals surface area contributed by atoms with E-state index in [0.29, 0.717) is 18.2 Å². The summed E-state index contributed by atoms with van der Waals surface area (Å²) in [5, 5.41) is 11.6. The van der Waals surface area contributed by atoms with Gasteiger partial charge in [-0.2, -0.15) is 0 Å². The van der Waals surface area contributed by atoms with E-state index in [1.807, 2.05) is 19.1 Å². The lowest BCUT2D eigenvalue weighted by Gasteiger charge is -2.21. The fraction of sp³-hybridized carbons (Fsp3) is 0.429. The molecule has 6 heteroatoms. The van der Waals surface area contributed by atoms with Crippen LogP contribution in [0.1, 0.15) is 18.4 Å². The van der Waals surface area contributed by atoms with E-state index < -0.39 is 5.97 Å². The fourth-order valence-corrected chi connectivity index (χ4v) is 2.61. The Balaban J connectivity index is 2.04. The van der Waals surface area contributed by atoms with Crippen molar-refractivity contribution >= 4 is 33.6 Å². The van der Waals surface area contributed by atoms with Gasteiger partial charge in [0.25, 0.3) is 0 Å². The van der Waals surface area contributed by atoms with Crippen LogP contribution < -0.4 is 5.32 Å². The first-order valence-electron chi connectivity index (χ1n) is 6.49. The standard InChI is InChI=1S/C14H17BrN2O3/c1-9-4-11(15)6-12(5-9)16-14(20)17(8-13(18)19)7-10-2-3-10/h4-6,10H,2-3,7-8H2,1H3,(H,16,20)(H,18,19). The summed E-state index contributed by atoms with van der Waals surface area (Å²) in [4.78, 5) is 24.4. The number of hydrogen-bond acceptors (Lipinski definition) is 2. The monoisotopic (exact) mass is 340 g/mol. The molecular weight excluding hydrogens is 324 g/mol. The van der Waals surface area contributed by atoms with Crippen molar-refractivity contribution in [2.24, 2.45) is 5.92 Å². The number of carboxylic acid groups (broad SMARTS) is 1. The third-order valence-electron chi connectivity index (χ3n) is 3.08. The largest absolute Gasteiger partial charge is 0.480 e. The first kappa shape index (κ1) is 14.8. The average molecular weight is 341 g/mol. The van der Waals surface area contributed by atoms with Crippen LogP contribution in [0.2, 0.25) is 0 Å². The van der Waals surface area contributed by atoms with Crippen LogP contribution >= 0.6 is 15.9 Å². The molecule has 108 valence electrons. The van der Waals surface area contributed by atoms with E-state index in [0.717, 1.165) is 22.9 Å². The molecule has 1 aliphatic rings. The molecule has 0 unspecified atom stereocenters. The summed E-state index contributed by atoms with van der Waals surface area (Å²) in [7, 11) is 0. The van der Waals surface area contributed by atoms with Crippen molar-refractivity contribution in [3.05, 3.63) is 28.2 Å². The molecule has 20 heavy (non-hydrogen) atoms. The zero-order chi connectivity index (χ0) is 14.7. The van der Waals surface area contributed by atoms with E-state index in [9.17, 15) is 9.59 Å². The molecule has 2 amide bonds. The predicted octanol–water partition coefficient (Wildman–Crippen LogP) is 3.09. The van der Waals surface area contributed by atoms with E-state index in [1.165, 1.54) is 4.90 Å². The third-order valence-corrected chi connectivity index (χ3v) is 3.54. The first-order chi connectivity index (χ1) is 9.44. The number of halogens is 1. The number of amides is 2. The maximum absolute atomic E-state index is 12.2. The van der Waals surface area contributed by atoms with Crippen molar-refractivity contribution in [2.45, 2.75) is 19.8 Å². The minimum Gasteiger partial charge on any atom is -0.480 e. The Morgan fingerprint density at radius 3 is 2.65 bits per heavy atom. The van der Waals surface area contributed by atoms with Gasteiger partial charge in [0.15, 0.2) is 0 Å². The summed E-state index contributed by atoms with van der Waals surface area (Å²) in [5.41, 5.74) is 1.68. The van der Waals surface area contributed by atoms with Crippen LogP contribution in [0.3, 0.4) is 0 Å². The highest BCUT2D eigenvalue weighted by molar-refractivity contribution is 9.10. The van der Waals surface area contributed by atoms with Crippen molar-refractivity contribution < 1.29 is 14.7 Å². The molecule has 1 saturated carbocycles. The van der Waals surface area contributed by atoms with Crippen molar-refractivity contribution in [2.75, 3.05) is 18.4 Å². The lowest BCUT2D eigenvalue weighted by Crippen LogP contribution is -2.40. The highest BCUT2D eigenvalue weighted by Gasteiger charge is 2.28. The van der Waals surface area contributed by atoms with Crippen LogP contribution in [0.4, 0.5) is 10.5 Å². The third kappa shape index (κ3) is 4.52. The molecule has 0 aliphatic heterocycles. The maximum atomic E-state index is 12.2. The molecule has 1 aliphatic carbocycles. The van der Waals surface area contributed by atoms with E-state index in [2.05, 4.69) is 21.2 Å². The molecule has 0 heterocycles. The number of carbonyl (C=O) groups excluding carboxylic acids is 1. The number of carboxylic acids is 1. The zero-order valence-electron chi connectivity index (χ0n) is 11.2. The van der Waals surface area contributed by atoms with Gasteiger partial charge in [-0.25, -0.2) is 4.79 Å². The second-order valence-electron chi connectivity index (χ2n) is 5.17. The Morgan fingerprint density at radius 1 is 1.40 bits per heavy atom. The minimum atomic E-state index is -0.994. The van der Waals surface area contributed by atoms with Gasteiger partial charge in [-0.1, -0.05) is 15.9 Å². The average Bonchev–Trinajstić information content (AvgIpc) is 3.09. The molecule has 0 aromatic heterocycles. The van der Waals surface area contributed by atoms with Crippen LogP contribution in [-0.2, 0) is 4.79 Å². The molecule has 0 bridgehead atoms. The summed E-state index contributed by atoms with van der Waals surface area (Å²) >= 11 is 3.37. The molecule has 2 rings (SSSR count). The molecule has 2 N–H and O–H groups in total. The second-order valence-corrected chi connectivity index (χ2v) is 6.08. The number of benzene rings is 1. The summed E-state index contributed by atoms with van der Waals surface area (Å²) in [5.74, 6) is -0.546. The van der Waals surface area contributed by atoms with Crippen LogP contribution in [0.15, 0.2) is 22.7 Å². The Morgan fingerprint density at radius 2 is 2.10 bits per heavy atom. The van der Waals surface area contributed by atoms with Gasteiger partial charge in [0.1, 0.15) is 6.54 Å². The van der Waals surface area contributed by atoms with E-state index >= 15 is 0 Å². The van der Waals surface area contributed by atoms with Gasteiger partial charge in [0.05, 0.1) is 0 Å². The Kier molecular flexibility index (Phi) is 4.65. The number of urea groups is 1. The normalized spacial score (nSPS) is 13.9. The fourth-order valence-electron chi connectivity index (χ4n) is 2.01. The summed E-state index contributed by atoms with van der Waals surface area (Å²) < 4.78 is 0.875. The van der Waals surface area contributed by atoms with Gasteiger partial charge in [0.2, 0.25) is 0 Å². The van der Waals surface area contributed by atoms with Crippen LogP contribution in [-0.4, -0.2) is 35.1 Å². The minimum absolute atomic E-state index is 0.269. The quantitative estimate of drug-likeness (QED) is 0.865. The topological polar surface area (TPSA) is 69.6 Å². The van der Waals surface area contributed by atoms with Crippen LogP contribution in [0.5, 0.6) is 0 Å². The number of nitrogens with zero attached hydrogens (tertiary/aromatic N) is 1. The van der Waals surface area contributed by atoms with Gasteiger partial charge >= 0.3 is 12.0 Å². The Bertz CT molecular complexity index is 509. The first-order valence-corrected chi connectivity index (χ1v) is 7.28. The molecule has 1 aromatic carbocycles. The molecule has 0 atom stereocenters. The van der Waals surface area contributed by atoms with Crippen molar-refractivity contribution in [3.8, 4) is 0 Å². The summed E-state index contributed by atoms with van der Waals surface area (Å²) in [6.45, 7) is 2.17. The SMILES string of the molecule is Cc1cc(Br)cc(NC(=O)N(CC(=O)O)CC2CC2)c1. The number of nitrogens with one attached hydrogen (secondary N) is 1. The summed E-state index contributed by atoms with van der Waals surface area (Å²) in [6, 6.07) is 5.21. The Hall–Kier alpha value is -1.56. The summed E-state index contributed by atoms with van der Waals surface area (Å²) in [6.07, 6.45) is 2.14. The number of aryl methyl sites for hydroxylation is 1. The smallest absolute Gasteiger partial charge is 0.323 e. The maximum Gasteiger partial charge on any atom is 0.323 e.